The highest BCUT2D eigenvalue weighted by Crippen LogP contribution is 2.37. The molecule has 0 aliphatic heterocycles. The lowest BCUT2D eigenvalue weighted by Crippen LogP contribution is -2.05. The zero-order valence-electron chi connectivity index (χ0n) is 8.59. The van der Waals surface area contributed by atoms with Crippen molar-refractivity contribution in [3.8, 4) is 0 Å². The first-order valence-electron chi connectivity index (χ1n) is 4.96. The second-order valence-corrected chi connectivity index (χ2v) is 4.10. The standard InChI is InChI=1S/C13H16/c1-9-8-10(2)12-6-4-5-7-13(12)11(9)3/h4-7,10H,8H2,1-3H3. The van der Waals surface area contributed by atoms with Gasteiger partial charge in [0.15, 0.2) is 0 Å². The summed E-state index contributed by atoms with van der Waals surface area (Å²) < 4.78 is 0. The van der Waals surface area contributed by atoms with E-state index in [4.69, 9.17) is 0 Å². The van der Waals surface area contributed by atoms with Crippen LogP contribution >= 0.6 is 0 Å². The molecule has 1 aliphatic rings. The third-order valence-corrected chi connectivity index (χ3v) is 3.15. The van der Waals surface area contributed by atoms with Gasteiger partial charge in [0.1, 0.15) is 0 Å². The maximum Gasteiger partial charge on any atom is -0.0147 e. The van der Waals surface area contributed by atoms with E-state index in [1.165, 1.54) is 23.1 Å². The molecule has 0 heterocycles. The average molecular weight is 172 g/mol. The zero-order chi connectivity index (χ0) is 9.42. The van der Waals surface area contributed by atoms with Crippen molar-refractivity contribution in [2.75, 3.05) is 0 Å². The molecule has 1 aromatic carbocycles. The van der Waals surface area contributed by atoms with Crippen molar-refractivity contribution in [2.24, 2.45) is 0 Å². The van der Waals surface area contributed by atoms with E-state index in [-0.39, 0.29) is 0 Å². The summed E-state index contributed by atoms with van der Waals surface area (Å²) in [7, 11) is 0. The van der Waals surface area contributed by atoms with Gasteiger partial charge >= 0.3 is 0 Å². The molecule has 0 radical (unpaired) electrons. The van der Waals surface area contributed by atoms with E-state index in [1.807, 2.05) is 0 Å². The van der Waals surface area contributed by atoms with E-state index in [9.17, 15) is 0 Å². The van der Waals surface area contributed by atoms with Crippen molar-refractivity contribution >= 4 is 5.57 Å². The van der Waals surface area contributed by atoms with E-state index in [1.54, 1.807) is 5.57 Å². The second kappa shape index (κ2) is 3.02. The molecule has 0 nitrogen and oxygen atoms in total. The van der Waals surface area contributed by atoms with Crippen molar-refractivity contribution in [2.45, 2.75) is 33.1 Å². The molecule has 0 heteroatoms. The lowest BCUT2D eigenvalue weighted by molar-refractivity contribution is 0.736. The summed E-state index contributed by atoms with van der Waals surface area (Å²) in [6, 6.07) is 8.77. The summed E-state index contributed by atoms with van der Waals surface area (Å²) in [5.41, 5.74) is 6.00. The Morgan fingerprint density at radius 2 is 1.85 bits per heavy atom. The lowest BCUT2D eigenvalue weighted by Gasteiger charge is -2.24. The minimum atomic E-state index is 0.694. The summed E-state index contributed by atoms with van der Waals surface area (Å²) in [5, 5.41) is 0. The van der Waals surface area contributed by atoms with Gasteiger partial charge < -0.3 is 0 Å². The van der Waals surface area contributed by atoms with Gasteiger partial charge in [0, 0.05) is 0 Å². The number of fused-ring (bicyclic) bond motifs is 1. The van der Waals surface area contributed by atoms with E-state index >= 15 is 0 Å². The first-order valence-corrected chi connectivity index (χ1v) is 4.96. The highest BCUT2D eigenvalue weighted by Gasteiger charge is 2.18. The van der Waals surface area contributed by atoms with Crippen molar-refractivity contribution in [3.63, 3.8) is 0 Å². The minimum absolute atomic E-state index is 0.694. The molecular formula is C13H16. The van der Waals surface area contributed by atoms with Crippen LogP contribution in [0.1, 0.15) is 44.2 Å². The predicted octanol–water partition coefficient (Wildman–Crippen LogP) is 3.99. The first-order chi connectivity index (χ1) is 6.20. The molecule has 0 fully saturated rings. The van der Waals surface area contributed by atoms with Crippen LogP contribution < -0.4 is 0 Å². The van der Waals surface area contributed by atoms with Crippen LogP contribution in [-0.4, -0.2) is 0 Å². The summed E-state index contributed by atoms with van der Waals surface area (Å²) in [4.78, 5) is 0. The fourth-order valence-corrected chi connectivity index (χ4v) is 2.22. The van der Waals surface area contributed by atoms with Crippen LogP contribution in [0.3, 0.4) is 0 Å². The quantitative estimate of drug-likeness (QED) is 0.555. The molecule has 1 aliphatic carbocycles. The predicted molar refractivity (Wildman–Crippen MR) is 57.7 cm³/mol. The molecule has 0 spiro atoms. The highest BCUT2D eigenvalue weighted by molar-refractivity contribution is 5.71. The highest BCUT2D eigenvalue weighted by atomic mass is 14.2. The molecule has 13 heavy (non-hydrogen) atoms. The zero-order valence-corrected chi connectivity index (χ0v) is 8.59. The van der Waals surface area contributed by atoms with Crippen LogP contribution in [-0.2, 0) is 0 Å². The Kier molecular flexibility index (Phi) is 1.99. The van der Waals surface area contributed by atoms with Gasteiger partial charge in [0.25, 0.3) is 0 Å². The van der Waals surface area contributed by atoms with Crippen molar-refractivity contribution in [1.82, 2.24) is 0 Å². The van der Waals surface area contributed by atoms with Crippen LogP contribution in [0.5, 0.6) is 0 Å². The molecule has 0 amide bonds. The Balaban J connectivity index is 2.62. The molecule has 1 unspecified atom stereocenters. The summed E-state index contributed by atoms with van der Waals surface area (Å²) in [5.74, 6) is 0.694. The van der Waals surface area contributed by atoms with Gasteiger partial charge in [-0.2, -0.15) is 0 Å². The molecule has 0 saturated carbocycles. The van der Waals surface area contributed by atoms with Gasteiger partial charge in [-0.1, -0.05) is 36.8 Å². The normalized spacial score (nSPS) is 21.6. The lowest BCUT2D eigenvalue weighted by atomic mass is 9.81. The molecule has 1 aromatic rings. The van der Waals surface area contributed by atoms with E-state index in [0.29, 0.717) is 5.92 Å². The van der Waals surface area contributed by atoms with Crippen LogP contribution in [0.25, 0.3) is 5.57 Å². The average Bonchev–Trinajstić information content (AvgIpc) is 2.15. The Hall–Kier alpha value is -1.04. The number of rotatable bonds is 0. The molecule has 68 valence electrons. The van der Waals surface area contributed by atoms with Gasteiger partial charge in [0.05, 0.1) is 0 Å². The minimum Gasteiger partial charge on any atom is -0.0692 e. The molecule has 0 aromatic heterocycles. The second-order valence-electron chi connectivity index (χ2n) is 4.10. The first kappa shape index (κ1) is 8.55. The summed E-state index contributed by atoms with van der Waals surface area (Å²) in [6.07, 6.45) is 1.23. The molecule has 1 atom stereocenters. The molecule has 2 rings (SSSR count). The third kappa shape index (κ3) is 1.31. The SMILES string of the molecule is CC1=C(C)c2ccccc2C(C)C1. The number of hydrogen-bond acceptors (Lipinski definition) is 0. The maximum absolute atomic E-state index is 2.31. The Morgan fingerprint density at radius 3 is 2.62 bits per heavy atom. The molecular weight excluding hydrogens is 156 g/mol. The fraction of sp³-hybridized carbons (Fsp3) is 0.385. The molecule has 0 N–H and O–H groups in total. The Morgan fingerprint density at radius 1 is 1.15 bits per heavy atom. The smallest absolute Gasteiger partial charge is 0.0147 e. The molecule has 0 saturated heterocycles. The van der Waals surface area contributed by atoms with Crippen LogP contribution in [0.4, 0.5) is 0 Å². The number of allylic oxidation sites excluding steroid dienone is 2. The third-order valence-electron chi connectivity index (χ3n) is 3.15. The largest absolute Gasteiger partial charge is 0.0692 e. The van der Waals surface area contributed by atoms with E-state index in [2.05, 4.69) is 45.0 Å². The summed E-state index contributed by atoms with van der Waals surface area (Å²) in [6.45, 7) is 6.80. The fourth-order valence-electron chi connectivity index (χ4n) is 2.22. The van der Waals surface area contributed by atoms with Crippen molar-refractivity contribution in [1.29, 1.82) is 0 Å². The van der Waals surface area contributed by atoms with Crippen molar-refractivity contribution in [3.05, 3.63) is 41.0 Å². The Labute approximate surface area is 80.3 Å². The van der Waals surface area contributed by atoms with E-state index in [0.717, 1.165) is 0 Å². The van der Waals surface area contributed by atoms with Gasteiger partial charge in [-0.05, 0) is 42.9 Å². The van der Waals surface area contributed by atoms with Gasteiger partial charge in [-0.25, -0.2) is 0 Å². The number of benzene rings is 1. The van der Waals surface area contributed by atoms with Gasteiger partial charge in [-0.15, -0.1) is 0 Å². The maximum atomic E-state index is 2.31. The van der Waals surface area contributed by atoms with Gasteiger partial charge in [0.2, 0.25) is 0 Å². The van der Waals surface area contributed by atoms with Gasteiger partial charge in [-0.3, -0.25) is 0 Å². The summed E-state index contributed by atoms with van der Waals surface area (Å²) >= 11 is 0. The van der Waals surface area contributed by atoms with E-state index < -0.39 is 0 Å². The van der Waals surface area contributed by atoms with Crippen LogP contribution in [0.2, 0.25) is 0 Å². The van der Waals surface area contributed by atoms with Crippen LogP contribution in [0.15, 0.2) is 29.8 Å². The number of hydrogen-bond donors (Lipinski definition) is 0. The van der Waals surface area contributed by atoms with Crippen molar-refractivity contribution < 1.29 is 0 Å². The van der Waals surface area contributed by atoms with Crippen LogP contribution in [0, 0.1) is 0 Å². The topological polar surface area (TPSA) is 0 Å². The molecule has 0 bridgehead atoms. The monoisotopic (exact) mass is 172 g/mol. The Bertz CT molecular complexity index is 358.